The van der Waals surface area contributed by atoms with Crippen molar-refractivity contribution < 1.29 is 0 Å². The minimum Gasteiger partial charge on any atom is -0.325 e. The van der Waals surface area contributed by atoms with Gasteiger partial charge in [-0.1, -0.05) is 41.9 Å². The van der Waals surface area contributed by atoms with Crippen LogP contribution in [0.15, 0.2) is 35.4 Å². The third-order valence-electron chi connectivity index (χ3n) is 3.34. The van der Waals surface area contributed by atoms with Gasteiger partial charge in [-0.25, -0.2) is 4.98 Å². The molecule has 2 N–H and O–H groups in total. The highest BCUT2D eigenvalue weighted by Gasteiger charge is 2.27. The predicted octanol–water partition coefficient (Wildman–Crippen LogP) is 2.17. The third kappa shape index (κ3) is 1.78. The van der Waals surface area contributed by atoms with E-state index in [1.54, 1.807) is 6.21 Å². The molecule has 0 fully saturated rings. The van der Waals surface area contributed by atoms with Crippen LogP contribution in [-0.2, 0) is 13.0 Å². The molecule has 0 bridgehead atoms. The van der Waals surface area contributed by atoms with Gasteiger partial charge in [0.05, 0.1) is 6.21 Å². The zero-order valence-corrected chi connectivity index (χ0v) is 10.5. The zero-order valence-electron chi connectivity index (χ0n) is 9.75. The lowest BCUT2D eigenvalue weighted by Gasteiger charge is -2.09. The molecular formula is C13H13ClN4. The van der Waals surface area contributed by atoms with E-state index in [9.17, 15) is 0 Å². The maximum absolute atomic E-state index is 6.06. The van der Waals surface area contributed by atoms with Crippen molar-refractivity contribution in [2.24, 2.45) is 10.9 Å². The topological polar surface area (TPSA) is 56.2 Å². The number of hydrogen-bond acceptors (Lipinski definition) is 3. The predicted molar refractivity (Wildman–Crippen MR) is 71.9 cm³/mol. The fraction of sp³-hybridized carbons (Fsp3) is 0.231. The van der Waals surface area contributed by atoms with Gasteiger partial charge in [0.15, 0.2) is 5.15 Å². The molecule has 1 aliphatic rings. The van der Waals surface area contributed by atoms with Crippen LogP contribution in [-0.4, -0.2) is 15.8 Å². The van der Waals surface area contributed by atoms with E-state index in [0.29, 0.717) is 11.1 Å². The van der Waals surface area contributed by atoms with Crippen LogP contribution < -0.4 is 5.84 Å². The van der Waals surface area contributed by atoms with Crippen LogP contribution >= 0.6 is 11.6 Å². The van der Waals surface area contributed by atoms with Crippen molar-refractivity contribution >= 4 is 17.8 Å². The summed E-state index contributed by atoms with van der Waals surface area (Å²) in [6, 6.07) is 10.4. The number of nitrogens with two attached hydrogens (primary N) is 1. The first-order chi connectivity index (χ1) is 8.79. The first-order valence-corrected chi connectivity index (χ1v) is 6.20. The van der Waals surface area contributed by atoms with Crippen molar-refractivity contribution in [3.05, 3.63) is 52.6 Å². The molecule has 0 amide bonds. The first kappa shape index (κ1) is 11.3. The summed E-state index contributed by atoms with van der Waals surface area (Å²) in [7, 11) is 0. The molecule has 1 unspecified atom stereocenters. The van der Waals surface area contributed by atoms with E-state index in [2.05, 4.69) is 38.9 Å². The van der Waals surface area contributed by atoms with Crippen molar-refractivity contribution in [1.82, 2.24) is 9.55 Å². The smallest absolute Gasteiger partial charge is 0.156 e. The second-order valence-electron chi connectivity index (χ2n) is 4.40. The highest BCUT2D eigenvalue weighted by atomic mass is 35.5. The lowest BCUT2D eigenvalue weighted by atomic mass is 9.98. The summed E-state index contributed by atoms with van der Waals surface area (Å²) >= 11 is 6.06. The standard InChI is InChI=1S/C13H13ClN4/c14-13-11(7-16-15)18-8-10(6-12(18)17-13)9-4-2-1-3-5-9/h1-5,7,10H,6,8,15H2. The summed E-state index contributed by atoms with van der Waals surface area (Å²) in [6.07, 6.45) is 2.47. The van der Waals surface area contributed by atoms with Crippen LogP contribution in [0.2, 0.25) is 5.15 Å². The number of benzene rings is 1. The molecule has 0 saturated carbocycles. The number of fused-ring (bicyclic) bond motifs is 1. The molecule has 1 aliphatic heterocycles. The fourth-order valence-corrected chi connectivity index (χ4v) is 2.74. The minimum atomic E-state index is 0.455. The third-order valence-corrected chi connectivity index (χ3v) is 3.62. The lowest BCUT2D eigenvalue weighted by Crippen LogP contribution is -2.04. The van der Waals surface area contributed by atoms with Gasteiger partial charge in [0.25, 0.3) is 0 Å². The first-order valence-electron chi connectivity index (χ1n) is 5.82. The van der Waals surface area contributed by atoms with E-state index in [1.807, 2.05) is 6.07 Å². The van der Waals surface area contributed by atoms with Gasteiger partial charge in [0, 0.05) is 18.9 Å². The Morgan fingerprint density at radius 2 is 2.17 bits per heavy atom. The number of nitrogens with zero attached hydrogens (tertiary/aromatic N) is 3. The van der Waals surface area contributed by atoms with Gasteiger partial charge in [-0.3, -0.25) is 0 Å². The average Bonchev–Trinajstić information content (AvgIpc) is 2.91. The molecule has 92 valence electrons. The molecule has 1 aromatic heterocycles. The molecule has 2 heterocycles. The van der Waals surface area contributed by atoms with Crippen molar-refractivity contribution in [3.63, 3.8) is 0 Å². The van der Waals surface area contributed by atoms with E-state index in [-0.39, 0.29) is 0 Å². The second-order valence-corrected chi connectivity index (χ2v) is 4.76. The number of aromatic nitrogens is 2. The van der Waals surface area contributed by atoms with Crippen molar-refractivity contribution in [2.45, 2.75) is 18.9 Å². The van der Waals surface area contributed by atoms with Gasteiger partial charge < -0.3 is 10.4 Å². The van der Waals surface area contributed by atoms with Crippen LogP contribution in [0, 0.1) is 0 Å². The van der Waals surface area contributed by atoms with E-state index in [4.69, 9.17) is 17.4 Å². The Morgan fingerprint density at radius 3 is 2.89 bits per heavy atom. The summed E-state index contributed by atoms with van der Waals surface area (Å²) in [5.74, 6) is 6.66. The fourth-order valence-electron chi connectivity index (χ4n) is 2.49. The number of hydrazone groups is 1. The molecular weight excluding hydrogens is 248 g/mol. The summed E-state index contributed by atoms with van der Waals surface area (Å²) in [5.41, 5.74) is 2.13. The number of rotatable bonds is 2. The Hall–Kier alpha value is -1.81. The summed E-state index contributed by atoms with van der Waals surface area (Å²) < 4.78 is 2.09. The van der Waals surface area contributed by atoms with Gasteiger partial charge in [0.1, 0.15) is 11.5 Å². The van der Waals surface area contributed by atoms with E-state index >= 15 is 0 Å². The Kier molecular flexibility index (Phi) is 2.80. The van der Waals surface area contributed by atoms with E-state index < -0.39 is 0 Å². The molecule has 18 heavy (non-hydrogen) atoms. The van der Waals surface area contributed by atoms with Crippen LogP contribution in [0.3, 0.4) is 0 Å². The van der Waals surface area contributed by atoms with Crippen molar-refractivity contribution in [2.75, 3.05) is 0 Å². The molecule has 1 aromatic carbocycles. The number of imidazole rings is 1. The minimum absolute atomic E-state index is 0.455. The molecule has 1 atom stereocenters. The molecule has 4 nitrogen and oxygen atoms in total. The van der Waals surface area contributed by atoms with Crippen LogP contribution in [0.1, 0.15) is 23.0 Å². The Bertz CT molecular complexity index is 589. The second kappa shape index (κ2) is 4.46. The molecule has 5 heteroatoms. The number of halogens is 1. The maximum Gasteiger partial charge on any atom is 0.156 e. The number of hydrogen-bond donors (Lipinski definition) is 1. The highest BCUT2D eigenvalue weighted by Crippen LogP contribution is 2.32. The Morgan fingerprint density at radius 1 is 1.39 bits per heavy atom. The molecule has 0 aliphatic carbocycles. The van der Waals surface area contributed by atoms with Crippen molar-refractivity contribution in [1.29, 1.82) is 0 Å². The molecule has 0 saturated heterocycles. The average molecular weight is 261 g/mol. The lowest BCUT2D eigenvalue weighted by molar-refractivity contribution is 0.650. The van der Waals surface area contributed by atoms with E-state index in [1.165, 1.54) is 5.56 Å². The SMILES string of the molecule is NN=Cc1c(Cl)nc2n1CC(c1ccccc1)C2. The highest BCUT2D eigenvalue weighted by molar-refractivity contribution is 6.31. The Balaban J connectivity index is 1.93. The van der Waals surface area contributed by atoms with Gasteiger partial charge in [0.2, 0.25) is 0 Å². The van der Waals surface area contributed by atoms with Crippen LogP contribution in [0.25, 0.3) is 0 Å². The quantitative estimate of drug-likeness (QED) is 0.511. The molecule has 0 spiro atoms. The zero-order chi connectivity index (χ0) is 12.5. The van der Waals surface area contributed by atoms with Crippen molar-refractivity contribution in [3.8, 4) is 0 Å². The van der Waals surface area contributed by atoms with Gasteiger partial charge in [-0.15, -0.1) is 0 Å². The van der Waals surface area contributed by atoms with E-state index in [0.717, 1.165) is 24.5 Å². The summed E-state index contributed by atoms with van der Waals surface area (Å²) in [5, 5.41) is 4.02. The van der Waals surface area contributed by atoms with Crippen LogP contribution in [0.5, 0.6) is 0 Å². The largest absolute Gasteiger partial charge is 0.325 e. The Labute approximate surface area is 110 Å². The monoisotopic (exact) mass is 260 g/mol. The van der Waals surface area contributed by atoms with Crippen LogP contribution in [0.4, 0.5) is 0 Å². The summed E-state index contributed by atoms with van der Waals surface area (Å²) in [4.78, 5) is 4.37. The van der Waals surface area contributed by atoms with Gasteiger partial charge >= 0.3 is 0 Å². The van der Waals surface area contributed by atoms with Gasteiger partial charge in [-0.05, 0) is 5.56 Å². The molecule has 3 rings (SSSR count). The van der Waals surface area contributed by atoms with Gasteiger partial charge in [-0.2, -0.15) is 5.10 Å². The molecule has 2 aromatic rings. The maximum atomic E-state index is 6.06. The summed E-state index contributed by atoms with van der Waals surface area (Å²) in [6.45, 7) is 0.875. The molecule has 0 radical (unpaired) electrons. The normalized spacial score (nSPS) is 18.4.